The largest absolute Gasteiger partial charge is 0.256 e. The lowest BCUT2D eigenvalue weighted by Gasteiger charge is -2.01. The molecule has 0 bridgehead atoms. The van der Waals surface area contributed by atoms with E-state index in [1.54, 1.807) is 12.2 Å². The molecule has 1 rings (SSSR count). The first kappa shape index (κ1) is 10.5. The molecule has 0 unspecified atom stereocenters. The van der Waals surface area contributed by atoms with Crippen LogP contribution in [0.4, 0.5) is 0 Å². The molecular formula is C13H15N. The van der Waals surface area contributed by atoms with E-state index in [1.807, 2.05) is 18.3 Å². The van der Waals surface area contributed by atoms with Crippen LogP contribution in [0.1, 0.15) is 18.2 Å². The van der Waals surface area contributed by atoms with E-state index in [2.05, 4.69) is 31.1 Å². The van der Waals surface area contributed by atoms with Crippen molar-refractivity contribution in [1.29, 1.82) is 0 Å². The van der Waals surface area contributed by atoms with E-state index >= 15 is 0 Å². The van der Waals surface area contributed by atoms with E-state index in [4.69, 9.17) is 0 Å². The highest BCUT2D eigenvalue weighted by Crippen LogP contribution is 2.13. The third-order valence-corrected chi connectivity index (χ3v) is 2.05. The SMILES string of the molecule is C=C/C=C(\C=C)c1ccc(CC)cn1. The van der Waals surface area contributed by atoms with Crippen molar-refractivity contribution < 1.29 is 0 Å². The van der Waals surface area contributed by atoms with Crippen molar-refractivity contribution in [2.75, 3.05) is 0 Å². The molecule has 0 amide bonds. The Morgan fingerprint density at radius 2 is 2.21 bits per heavy atom. The van der Waals surface area contributed by atoms with Gasteiger partial charge in [-0.25, -0.2) is 0 Å². The molecule has 0 aliphatic rings. The minimum Gasteiger partial charge on any atom is -0.256 e. The molecule has 0 radical (unpaired) electrons. The maximum atomic E-state index is 4.35. The third kappa shape index (κ3) is 2.43. The molecule has 1 aromatic heterocycles. The molecule has 0 fully saturated rings. The molecule has 0 saturated carbocycles. The van der Waals surface area contributed by atoms with E-state index in [1.165, 1.54) is 5.56 Å². The molecule has 1 nitrogen and oxygen atoms in total. The van der Waals surface area contributed by atoms with Crippen molar-refractivity contribution >= 4 is 5.57 Å². The fourth-order valence-corrected chi connectivity index (χ4v) is 1.19. The topological polar surface area (TPSA) is 12.9 Å². The average molecular weight is 185 g/mol. The van der Waals surface area contributed by atoms with Gasteiger partial charge in [-0.15, -0.1) is 0 Å². The highest BCUT2D eigenvalue weighted by atomic mass is 14.7. The molecule has 0 N–H and O–H groups in total. The lowest BCUT2D eigenvalue weighted by Crippen LogP contribution is -1.88. The normalized spacial score (nSPS) is 11.1. The van der Waals surface area contributed by atoms with Crippen LogP contribution in [0.5, 0.6) is 0 Å². The van der Waals surface area contributed by atoms with Gasteiger partial charge < -0.3 is 0 Å². The van der Waals surface area contributed by atoms with Crippen molar-refractivity contribution in [3.63, 3.8) is 0 Å². The van der Waals surface area contributed by atoms with Crippen LogP contribution in [-0.4, -0.2) is 4.98 Å². The summed E-state index contributed by atoms with van der Waals surface area (Å²) in [5.41, 5.74) is 3.19. The van der Waals surface area contributed by atoms with Crippen LogP contribution in [-0.2, 0) is 6.42 Å². The van der Waals surface area contributed by atoms with E-state index in [0.29, 0.717) is 0 Å². The quantitative estimate of drug-likeness (QED) is 0.655. The van der Waals surface area contributed by atoms with Crippen molar-refractivity contribution in [3.05, 3.63) is 61.0 Å². The van der Waals surface area contributed by atoms with E-state index in [9.17, 15) is 0 Å². The molecular weight excluding hydrogens is 170 g/mol. The first-order valence-electron chi connectivity index (χ1n) is 4.72. The van der Waals surface area contributed by atoms with Crippen LogP contribution in [0.15, 0.2) is 49.7 Å². The van der Waals surface area contributed by atoms with Gasteiger partial charge in [0.05, 0.1) is 5.69 Å². The fraction of sp³-hybridized carbons (Fsp3) is 0.154. The Bertz CT molecular complexity index is 344. The monoisotopic (exact) mass is 185 g/mol. The Balaban J connectivity index is 3.00. The molecule has 0 spiro atoms. The molecule has 0 saturated heterocycles. The summed E-state index contributed by atoms with van der Waals surface area (Å²) in [4.78, 5) is 4.35. The number of nitrogens with zero attached hydrogens (tertiary/aromatic N) is 1. The molecule has 72 valence electrons. The summed E-state index contributed by atoms with van der Waals surface area (Å²) in [6, 6.07) is 4.10. The van der Waals surface area contributed by atoms with Gasteiger partial charge in [-0.2, -0.15) is 0 Å². The molecule has 0 aliphatic carbocycles. The predicted octanol–water partition coefficient (Wildman–Crippen LogP) is 3.40. The Hall–Kier alpha value is -1.63. The number of allylic oxidation sites excluding steroid dienone is 4. The van der Waals surface area contributed by atoms with Gasteiger partial charge in [0.25, 0.3) is 0 Å². The van der Waals surface area contributed by atoms with Crippen molar-refractivity contribution in [2.45, 2.75) is 13.3 Å². The van der Waals surface area contributed by atoms with Gasteiger partial charge in [0.15, 0.2) is 0 Å². The van der Waals surface area contributed by atoms with Gasteiger partial charge in [-0.05, 0) is 23.6 Å². The molecule has 1 aromatic rings. The smallest absolute Gasteiger partial charge is 0.0701 e. The number of pyridine rings is 1. The van der Waals surface area contributed by atoms with E-state index in [0.717, 1.165) is 17.7 Å². The highest BCUT2D eigenvalue weighted by molar-refractivity contribution is 5.72. The van der Waals surface area contributed by atoms with Crippen LogP contribution >= 0.6 is 0 Å². The second-order valence-corrected chi connectivity index (χ2v) is 2.97. The zero-order valence-electron chi connectivity index (χ0n) is 8.53. The predicted molar refractivity (Wildman–Crippen MR) is 62.0 cm³/mol. The van der Waals surface area contributed by atoms with Gasteiger partial charge in [-0.3, -0.25) is 4.98 Å². The van der Waals surface area contributed by atoms with Crippen LogP contribution in [0, 0.1) is 0 Å². The Morgan fingerprint density at radius 3 is 2.64 bits per heavy atom. The maximum absolute atomic E-state index is 4.35. The van der Waals surface area contributed by atoms with Gasteiger partial charge in [0.2, 0.25) is 0 Å². The molecule has 1 heteroatoms. The summed E-state index contributed by atoms with van der Waals surface area (Å²) in [5, 5.41) is 0. The molecule has 0 aliphatic heterocycles. The number of rotatable bonds is 4. The van der Waals surface area contributed by atoms with Crippen molar-refractivity contribution in [3.8, 4) is 0 Å². The van der Waals surface area contributed by atoms with Crippen LogP contribution < -0.4 is 0 Å². The van der Waals surface area contributed by atoms with Gasteiger partial charge in [-0.1, -0.05) is 44.4 Å². The number of aromatic nitrogens is 1. The molecule has 0 atom stereocenters. The van der Waals surface area contributed by atoms with E-state index < -0.39 is 0 Å². The third-order valence-electron chi connectivity index (χ3n) is 2.05. The zero-order valence-corrected chi connectivity index (χ0v) is 8.53. The van der Waals surface area contributed by atoms with E-state index in [-0.39, 0.29) is 0 Å². The number of hydrogen-bond acceptors (Lipinski definition) is 1. The van der Waals surface area contributed by atoms with Gasteiger partial charge >= 0.3 is 0 Å². The summed E-state index contributed by atoms with van der Waals surface area (Å²) < 4.78 is 0. The lowest BCUT2D eigenvalue weighted by atomic mass is 10.1. The van der Waals surface area contributed by atoms with Crippen molar-refractivity contribution in [1.82, 2.24) is 4.98 Å². The Labute approximate surface area is 85.5 Å². The summed E-state index contributed by atoms with van der Waals surface area (Å²) in [5.74, 6) is 0. The fourth-order valence-electron chi connectivity index (χ4n) is 1.19. The minimum atomic E-state index is 0.942. The average Bonchev–Trinajstić information content (AvgIpc) is 2.26. The molecule has 14 heavy (non-hydrogen) atoms. The van der Waals surface area contributed by atoms with Gasteiger partial charge in [0.1, 0.15) is 0 Å². The molecule has 0 aromatic carbocycles. The van der Waals surface area contributed by atoms with Crippen LogP contribution in [0.25, 0.3) is 5.57 Å². The summed E-state index contributed by atoms with van der Waals surface area (Å²) in [7, 11) is 0. The lowest BCUT2D eigenvalue weighted by molar-refractivity contribution is 1.10. The number of hydrogen-bond donors (Lipinski definition) is 0. The Morgan fingerprint density at radius 1 is 1.43 bits per heavy atom. The summed E-state index contributed by atoms with van der Waals surface area (Å²) in [6.07, 6.45) is 8.35. The second kappa shape index (κ2) is 5.18. The first-order valence-corrected chi connectivity index (χ1v) is 4.72. The molecule has 1 heterocycles. The zero-order chi connectivity index (χ0) is 10.4. The number of aryl methyl sites for hydroxylation is 1. The van der Waals surface area contributed by atoms with Gasteiger partial charge in [0, 0.05) is 6.20 Å². The van der Waals surface area contributed by atoms with Crippen LogP contribution in [0.3, 0.4) is 0 Å². The summed E-state index contributed by atoms with van der Waals surface area (Å²) in [6.45, 7) is 9.51. The highest BCUT2D eigenvalue weighted by Gasteiger charge is 1.97. The maximum Gasteiger partial charge on any atom is 0.0701 e. The Kier molecular flexibility index (Phi) is 3.86. The van der Waals surface area contributed by atoms with Crippen LogP contribution in [0.2, 0.25) is 0 Å². The first-order chi connectivity index (χ1) is 6.81. The minimum absolute atomic E-state index is 0.942. The second-order valence-electron chi connectivity index (χ2n) is 2.97. The summed E-state index contributed by atoms with van der Waals surface area (Å²) >= 11 is 0. The van der Waals surface area contributed by atoms with Crippen molar-refractivity contribution in [2.24, 2.45) is 0 Å². The standard InChI is InChI=1S/C13H15N/c1-4-7-12(6-3)13-9-8-11(5-2)10-14-13/h4,6-10H,1,3,5H2,2H3/b12-7+.